The molecule has 0 bridgehead atoms. The molecule has 1 saturated carbocycles. The Bertz CT molecular complexity index is 1420. The van der Waals surface area contributed by atoms with Gasteiger partial charge in [-0.15, -0.1) is 0 Å². The van der Waals surface area contributed by atoms with Gasteiger partial charge >= 0.3 is 6.01 Å². The van der Waals surface area contributed by atoms with Gasteiger partial charge in [0.1, 0.15) is 17.7 Å². The van der Waals surface area contributed by atoms with Crippen molar-refractivity contribution in [1.82, 2.24) is 30.5 Å². The van der Waals surface area contributed by atoms with E-state index in [9.17, 15) is 4.79 Å². The number of alkyl halides is 1. The van der Waals surface area contributed by atoms with E-state index in [1.165, 1.54) is 0 Å². The van der Waals surface area contributed by atoms with E-state index in [1.807, 2.05) is 23.1 Å². The number of allylic oxidation sites excluding steroid dienone is 2. The van der Waals surface area contributed by atoms with Crippen LogP contribution in [0.15, 0.2) is 36.2 Å². The fourth-order valence-electron chi connectivity index (χ4n) is 5.08. The maximum Gasteiger partial charge on any atom is 0.319 e. The number of nitriles is 1. The number of ether oxygens (including phenoxy) is 1. The summed E-state index contributed by atoms with van der Waals surface area (Å²) in [7, 11) is 0. The standard InChI is InChI=1S/C26H27FN8O2/c1-14-7-17(8-14)30-25(36)21-10-22(32-26(31-21)37-13-16-9-15(16)11-28)35-6-4-18(20(27)12-35)23-19-3-2-5-29-24(19)34-33-23/h2-3,5,7,10,14-16,18,20H,4,6,8-9,12-13H2,1H3,(H,30,36)(H,29,33,34)/t14?,15?,16-,18?,20?/m1/s1. The average Bonchev–Trinajstić information content (AvgIpc) is 3.54. The number of carbonyl (C=O) groups excluding carboxylic acids is 1. The first-order valence-electron chi connectivity index (χ1n) is 12.6. The summed E-state index contributed by atoms with van der Waals surface area (Å²) >= 11 is 0. The van der Waals surface area contributed by atoms with Gasteiger partial charge in [0.05, 0.1) is 30.8 Å². The monoisotopic (exact) mass is 502 g/mol. The maximum absolute atomic E-state index is 15.5. The minimum absolute atomic E-state index is 0.0152. The second-order valence-corrected chi connectivity index (χ2v) is 10.1. The third kappa shape index (κ3) is 4.71. The number of hydrogen-bond donors (Lipinski definition) is 2. The topological polar surface area (TPSA) is 133 Å². The Hall–Kier alpha value is -4.07. The van der Waals surface area contributed by atoms with E-state index >= 15 is 4.39 Å². The lowest BCUT2D eigenvalue weighted by molar-refractivity contribution is 0.0955. The summed E-state index contributed by atoms with van der Waals surface area (Å²) in [6.07, 6.45) is 4.60. The van der Waals surface area contributed by atoms with Gasteiger partial charge in [0.2, 0.25) is 0 Å². The fourth-order valence-corrected chi connectivity index (χ4v) is 5.08. The van der Waals surface area contributed by atoms with E-state index in [1.54, 1.807) is 12.3 Å². The van der Waals surface area contributed by atoms with Gasteiger partial charge in [0.25, 0.3) is 5.91 Å². The molecule has 37 heavy (non-hydrogen) atoms. The highest BCUT2D eigenvalue weighted by Gasteiger charge is 2.38. The number of amides is 1. The van der Waals surface area contributed by atoms with Crippen LogP contribution < -0.4 is 15.0 Å². The Balaban J connectivity index is 1.21. The summed E-state index contributed by atoms with van der Waals surface area (Å²) in [6, 6.07) is 7.60. The zero-order valence-corrected chi connectivity index (χ0v) is 20.4. The van der Waals surface area contributed by atoms with Crippen molar-refractivity contribution in [3.63, 3.8) is 0 Å². The molecule has 2 fully saturated rings. The summed E-state index contributed by atoms with van der Waals surface area (Å²) in [6.45, 7) is 3.02. The molecule has 3 aromatic heterocycles. The van der Waals surface area contributed by atoms with Gasteiger partial charge in [-0.25, -0.2) is 9.37 Å². The van der Waals surface area contributed by atoms with Crippen LogP contribution in [0.1, 0.15) is 48.3 Å². The average molecular weight is 503 g/mol. The highest BCUT2D eigenvalue weighted by molar-refractivity contribution is 5.94. The Labute approximate surface area is 213 Å². The summed E-state index contributed by atoms with van der Waals surface area (Å²) in [5.74, 6) is 0.301. The lowest BCUT2D eigenvalue weighted by Crippen LogP contribution is -2.41. The molecule has 1 aliphatic heterocycles. The van der Waals surface area contributed by atoms with Crippen molar-refractivity contribution in [2.75, 3.05) is 24.6 Å². The molecule has 10 nitrogen and oxygen atoms in total. The highest BCUT2D eigenvalue weighted by atomic mass is 19.1. The molecule has 5 atom stereocenters. The minimum atomic E-state index is -1.18. The SMILES string of the molecule is CC1C=C(NC(=O)c2cc(N3CCC(c4[nH]nc5ncccc45)C(F)C3)nc(OC[C@H]3CC3C#N)n2)C1. The molecule has 2 aliphatic carbocycles. The summed E-state index contributed by atoms with van der Waals surface area (Å²) in [4.78, 5) is 27.8. The van der Waals surface area contributed by atoms with Crippen LogP contribution in [0.4, 0.5) is 10.2 Å². The summed E-state index contributed by atoms with van der Waals surface area (Å²) in [5.41, 5.74) is 2.35. The van der Waals surface area contributed by atoms with E-state index in [2.05, 4.69) is 43.5 Å². The van der Waals surface area contributed by atoms with E-state index in [4.69, 9.17) is 10.00 Å². The number of pyridine rings is 1. The van der Waals surface area contributed by atoms with Crippen molar-refractivity contribution >= 4 is 22.8 Å². The first-order chi connectivity index (χ1) is 18.0. The summed E-state index contributed by atoms with van der Waals surface area (Å²) < 4.78 is 21.3. The maximum atomic E-state index is 15.5. The van der Waals surface area contributed by atoms with Crippen LogP contribution in [0.3, 0.4) is 0 Å². The van der Waals surface area contributed by atoms with E-state index in [0.29, 0.717) is 37.0 Å². The number of hydrogen-bond acceptors (Lipinski definition) is 8. The van der Waals surface area contributed by atoms with Gasteiger partial charge in [-0.2, -0.15) is 20.3 Å². The number of nitrogens with zero attached hydrogens (tertiary/aromatic N) is 6. The zero-order chi connectivity index (χ0) is 25.5. The Morgan fingerprint density at radius 2 is 2.27 bits per heavy atom. The molecule has 6 rings (SSSR count). The van der Waals surface area contributed by atoms with Crippen LogP contribution in [0.2, 0.25) is 0 Å². The molecule has 190 valence electrons. The smallest absolute Gasteiger partial charge is 0.319 e. The van der Waals surface area contributed by atoms with E-state index in [0.717, 1.165) is 29.6 Å². The van der Waals surface area contributed by atoms with Gasteiger partial charge in [0.15, 0.2) is 5.65 Å². The number of nitrogens with one attached hydrogen (secondary N) is 2. The quantitative estimate of drug-likeness (QED) is 0.503. The largest absolute Gasteiger partial charge is 0.463 e. The van der Waals surface area contributed by atoms with Crippen molar-refractivity contribution in [2.45, 2.75) is 38.3 Å². The third-order valence-electron chi connectivity index (χ3n) is 7.34. The van der Waals surface area contributed by atoms with Crippen LogP contribution >= 0.6 is 0 Å². The summed E-state index contributed by atoms with van der Waals surface area (Å²) in [5, 5.41) is 20.0. The van der Waals surface area contributed by atoms with Gasteiger partial charge in [-0.05, 0) is 37.3 Å². The highest BCUT2D eigenvalue weighted by Crippen LogP contribution is 2.38. The van der Waals surface area contributed by atoms with Gasteiger partial charge in [0, 0.05) is 41.7 Å². The Morgan fingerprint density at radius 3 is 3.03 bits per heavy atom. The van der Waals surface area contributed by atoms with Crippen molar-refractivity contribution in [3.8, 4) is 12.1 Å². The molecule has 11 heteroatoms. The van der Waals surface area contributed by atoms with Crippen molar-refractivity contribution < 1.29 is 13.9 Å². The second kappa shape index (κ2) is 9.42. The predicted molar refractivity (Wildman–Crippen MR) is 132 cm³/mol. The lowest BCUT2D eigenvalue weighted by atomic mass is 9.90. The van der Waals surface area contributed by atoms with Crippen molar-refractivity contribution in [1.29, 1.82) is 5.26 Å². The molecule has 0 aromatic carbocycles. The number of rotatable bonds is 7. The molecule has 0 radical (unpaired) electrons. The number of fused-ring (bicyclic) bond motifs is 1. The van der Waals surface area contributed by atoms with Crippen LogP contribution in [0.25, 0.3) is 11.0 Å². The third-order valence-corrected chi connectivity index (χ3v) is 7.34. The van der Waals surface area contributed by atoms with Crippen LogP contribution in [0.5, 0.6) is 6.01 Å². The molecular formula is C26H27FN8O2. The van der Waals surface area contributed by atoms with Crippen LogP contribution in [-0.4, -0.2) is 56.9 Å². The second-order valence-electron chi connectivity index (χ2n) is 10.1. The minimum Gasteiger partial charge on any atom is -0.463 e. The predicted octanol–water partition coefficient (Wildman–Crippen LogP) is 3.27. The van der Waals surface area contributed by atoms with E-state index in [-0.39, 0.29) is 41.9 Å². The van der Waals surface area contributed by atoms with Crippen LogP contribution in [0, 0.1) is 29.1 Å². The Morgan fingerprint density at radius 1 is 1.41 bits per heavy atom. The molecule has 4 unspecified atom stereocenters. The van der Waals surface area contributed by atoms with Crippen molar-refractivity contribution in [2.24, 2.45) is 17.8 Å². The number of aromatic amines is 1. The fraction of sp³-hybridized carbons (Fsp3) is 0.462. The van der Waals surface area contributed by atoms with Gasteiger partial charge < -0.3 is 15.0 Å². The van der Waals surface area contributed by atoms with Gasteiger partial charge in [-0.3, -0.25) is 9.89 Å². The number of H-pyrrole nitrogens is 1. The molecule has 0 spiro atoms. The number of carbonyl (C=O) groups is 1. The lowest BCUT2D eigenvalue weighted by Gasteiger charge is -2.35. The molecule has 3 aromatic rings. The number of piperidine rings is 1. The van der Waals surface area contributed by atoms with Crippen molar-refractivity contribution in [3.05, 3.63) is 47.6 Å². The normalized spacial score (nSPS) is 26.7. The zero-order valence-electron chi connectivity index (χ0n) is 20.4. The van der Waals surface area contributed by atoms with Crippen LogP contribution in [-0.2, 0) is 0 Å². The molecule has 1 amide bonds. The first kappa shape index (κ1) is 23.3. The molecule has 4 heterocycles. The Kier molecular flexibility index (Phi) is 5.94. The first-order valence-corrected chi connectivity index (χ1v) is 12.6. The van der Waals surface area contributed by atoms with Gasteiger partial charge in [-0.1, -0.05) is 13.0 Å². The van der Waals surface area contributed by atoms with E-state index < -0.39 is 6.17 Å². The molecule has 3 aliphatic rings. The number of anilines is 1. The molecule has 2 N–H and O–H groups in total. The number of halogens is 1. The molecular weight excluding hydrogens is 475 g/mol. The number of aromatic nitrogens is 5. The molecule has 1 saturated heterocycles.